The number of nitrogens with zero attached hydrogens (tertiary/aromatic N) is 2. The first-order valence-corrected chi connectivity index (χ1v) is 18.2. The highest BCUT2D eigenvalue weighted by Gasteiger charge is 2.41. The minimum absolute atomic E-state index is 0.0970. The summed E-state index contributed by atoms with van der Waals surface area (Å²) in [6.45, 7) is 9.95. The molecule has 2 unspecified atom stereocenters. The van der Waals surface area contributed by atoms with Crippen LogP contribution in [0.15, 0.2) is 36.4 Å². The molecule has 3 aliphatic rings. The number of nitrogens with one attached hydrogen (secondary N) is 1. The normalized spacial score (nSPS) is 23.4. The molecule has 278 valence electrons. The summed E-state index contributed by atoms with van der Waals surface area (Å²) in [7, 11) is 0. The molecule has 6 nitrogen and oxygen atoms in total. The van der Waals surface area contributed by atoms with Gasteiger partial charge in [-0.2, -0.15) is 26.3 Å². The minimum atomic E-state index is -4.98. The summed E-state index contributed by atoms with van der Waals surface area (Å²) in [5, 5.41) is 3.30. The van der Waals surface area contributed by atoms with E-state index in [0.717, 1.165) is 57.5 Å². The van der Waals surface area contributed by atoms with E-state index in [1.807, 2.05) is 32.0 Å². The van der Waals surface area contributed by atoms with E-state index in [0.29, 0.717) is 55.9 Å². The second kappa shape index (κ2) is 16.7. The molecule has 3 fully saturated rings. The van der Waals surface area contributed by atoms with Gasteiger partial charge in [0.1, 0.15) is 0 Å². The highest BCUT2D eigenvalue weighted by atomic mass is 19.4. The number of benzene rings is 2. The number of piperazine rings is 1. The van der Waals surface area contributed by atoms with Crippen LogP contribution in [0.25, 0.3) is 0 Å². The summed E-state index contributed by atoms with van der Waals surface area (Å²) < 4.78 is 93.4. The monoisotopic (exact) mass is 711 g/mol. The quantitative estimate of drug-likeness (QED) is 0.225. The molecule has 0 radical (unpaired) electrons. The van der Waals surface area contributed by atoms with Crippen molar-refractivity contribution in [2.24, 2.45) is 0 Å². The average molecular weight is 712 g/mol. The lowest BCUT2D eigenvalue weighted by Gasteiger charge is -2.42. The van der Waals surface area contributed by atoms with Crippen LogP contribution in [0.1, 0.15) is 93.9 Å². The van der Waals surface area contributed by atoms with Gasteiger partial charge in [-0.3, -0.25) is 9.69 Å². The van der Waals surface area contributed by atoms with Gasteiger partial charge in [-0.1, -0.05) is 25.3 Å². The topological polar surface area (TPSA) is 54.0 Å². The fourth-order valence-corrected chi connectivity index (χ4v) is 8.13. The molecule has 0 bridgehead atoms. The van der Waals surface area contributed by atoms with Crippen molar-refractivity contribution in [1.82, 2.24) is 15.1 Å². The fraction of sp³-hybridized carbons (Fsp3) is 0.658. The number of ether oxygens (including phenoxy) is 2. The largest absolute Gasteiger partial charge is 0.490 e. The van der Waals surface area contributed by atoms with Crippen LogP contribution >= 0.6 is 0 Å². The van der Waals surface area contributed by atoms with E-state index in [1.165, 1.54) is 32.1 Å². The zero-order chi connectivity index (χ0) is 35.9. The number of carbonyl (C=O) groups is 1. The Labute approximate surface area is 291 Å². The van der Waals surface area contributed by atoms with Crippen LogP contribution in [0.4, 0.5) is 26.3 Å². The lowest BCUT2D eigenvalue weighted by Crippen LogP contribution is -2.51. The van der Waals surface area contributed by atoms with Gasteiger partial charge in [0.15, 0.2) is 17.3 Å². The molecule has 2 saturated heterocycles. The number of Topliss-reactive ketones (excluding diaryl/α,β-unsaturated/α-hetero) is 1. The zero-order valence-electron chi connectivity index (χ0n) is 29.2. The van der Waals surface area contributed by atoms with Crippen LogP contribution < -0.4 is 14.8 Å². The number of ketones is 1. The molecule has 0 spiro atoms. The summed E-state index contributed by atoms with van der Waals surface area (Å²) >= 11 is 0. The third-order valence-corrected chi connectivity index (χ3v) is 10.8. The van der Waals surface area contributed by atoms with Gasteiger partial charge in [0.05, 0.1) is 30.4 Å². The Balaban J connectivity index is 1.40. The lowest BCUT2D eigenvalue weighted by atomic mass is 9.69. The van der Waals surface area contributed by atoms with Crippen molar-refractivity contribution < 1.29 is 40.6 Å². The maximum atomic E-state index is 13.9. The standard InChI is InChI=1S/C38H51F6N3O3/c1-3-49-34-12-11-28(25-35(34)50-4-2)36(14-16-46-17-19-47(20-18-46)31-9-6-5-7-10-31)13-8-15-45-32(26-36)33(48)23-27-21-29(37(39,40)41)24-30(22-27)38(42,43)44/h11-12,21-22,24-25,31-32,45H,3-10,13-20,23,26H2,1-2H3. The minimum Gasteiger partial charge on any atom is -0.490 e. The van der Waals surface area contributed by atoms with E-state index in [9.17, 15) is 31.1 Å². The molecule has 2 atom stereocenters. The lowest BCUT2D eigenvalue weighted by molar-refractivity contribution is -0.143. The molecule has 2 heterocycles. The van der Waals surface area contributed by atoms with Gasteiger partial charge in [-0.15, -0.1) is 0 Å². The van der Waals surface area contributed by atoms with E-state index in [1.54, 1.807) is 0 Å². The molecule has 2 aromatic rings. The first kappa shape index (κ1) is 38.4. The van der Waals surface area contributed by atoms with Crippen LogP contribution in [0.2, 0.25) is 0 Å². The Bertz CT molecular complexity index is 1390. The maximum absolute atomic E-state index is 13.9. The zero-order valence-corrected chi connectivity index (χ0v) is 29.2. The summed E-state index contributed by atoms with van der Waals surface area (Å²) in [5.41, 5.74) is -2.64. The second-order valence-electron chi connectivity index (χ2n) is 14.1. The first-order valence-electron chi connectivity index (χ1n) is 18.2. The number of rotatable bonds is 12. The smallest absolute Gasteiger partial charge is 0.416 e. The van der Waals surface area contributed by atoms with Gasteiger partial charge in [0.2, 0.25) is 0 Å². The van der Waals surface area contributed by atoms with E-state index in [2.05, 4.69) is 15.1 Å². The van der Waals surface area contributed by atoms with Gasteiger partial charge in [-0.25, -0.2) is 0 Å². The van der Waals surface area contributed by atoms with Gasteiger partial charge in [0, 0.05) is 38.6 Å². The first-order chi connectivity index (χ1) is 23.8. The summed E-state index contributed by atoms with van der Waals surface area (Å²) in [5.74, 6) is 0.799. The van der Waals surface area contributed by atoms with Crippen molar-refractivity contribution >= 4 is 5.78 Å². The summed E-state index contributed by atoms with van der Waals surface area (Å²) in [4.78, 5) is 19.0. The predicted octanol–water partition coefficient (Wildman–Crippen LogP) is 8.05. The summed E-state index contributed by atoms with van der Waals surface area (Å²) in [6, 6.07) is 7.23. The van der Waals surface area contributed by atoms with E-state index in [4.69, 9.17) is 9.47 Å². The molecule has 0 aromatic heterocycles. The van der Waals surface area contributed by atoms with Crippen molar-refractivity contribution in [2.45, 2.75) is 108 Å². The van der Waals surface area contributed by atoms with Gasteiger partial charge in [0.25, 0.3) is 0 Å². The molecule has 2 aliphatic heterocycles. The van der Waals surface area contributed by atoms with Crippen molar-refractivity contribution in [3.8, 4) is 11.5 Å². The molecule has 0 amide bonds. The van der Waals surface area contributed by atoms with Crippen molar-refractivity contribution in [2.75, 3.05) is 52.5 Å². The molecular weight excluding hydrogens is 660 g/mol. The van der Waals surface area contributed by atoms with Crippen LogP contribution in [0.5, 0.6) is 11.5 Å². The fourth-order valence-electron chi connectivity index (χ4n) is 8.13. The molecule has 5 rings (SSSR count). The third kappa shape index (κ3) is 9.73. The second-order valence-corrected chi connectivity index (χ2v) is 14.1. The Morgan fingerprint density at radius 3 is 2.10 bits per heavy atom. The Morgan fingerprint density at radius 1 is 0.840 bits per heavy atom. The van der Waals surface area contributed by atoms with Crippen LogP contribution in [-0.4, -0.2) is 80.1 Å². The van der Waals surface area contributed by atoms with Gasteiger partial charge < -0.3 is 19.7 Å². The van der Waals surface area contributed by atoms with E-state index in [-0.39, 0.29) is 11.6 Å². The Morgan fingerprint density at radius 2 is 1.48 bits per heavy atom. The van der Waals surface area contributed by atoms with Crippen LogP contribution in [0, 0.1) is 0 Å². The number of hydrogen-bond acceptors (Lipinski definition) is 6. The number of halogens is 6. The predicted molar refractivity (Wildman–Crippen MR) is 181 cm³/mol. The SMILES string of the molecule is CCOc1ccc(C2(CCN3CCN(C4CCCCC4)CC3)CCCNC(C(=O)Cc3cc(C(F)(F)F)cc(C(F)(F)F)c3)C2)cc1OCC. The maximum Gasteiger partial charge on any atom is 0.416 e. The van der Waals surface area contributed by atoms with Crippen molar-refractivity contribution in [3.05, 3.63) is 58.7 Å². The summed E-state index contributed by atoms with van der Waals surface area (Å²) in [6.07, 6.45) is -1.46. The van der Waals surface area contributed by atoms with Crippen molar-refractivity contribution in [1.29, 1.82) is 0 Å². The van der Waals surface area contributed by atoms with Gasteiger partial charge in [-0.05, 0) is 112 Å². The highest BCUT2D eigenvalue weighted by molar-refractivity contribution is 5.86. The third-order valence-electron chi connectivity index (χ3n) is 10.8. The molecule has 1 saturated carbocycles. The number of hydrogen-bond donors (Lipinski definition) is 1. The van der Waals surface area contributed by atoms with Crippen LogP contribution in [0.3, 0.4) is 0 Å². The Kier molecular flexibility index (Phi) is 12.8. The number of alkyl halides is 6. The highest BCUT2D eigenvalue weighted by Crippen LogP contribution is 2.43. The molecule has 2 aromatic carbocycles. The van der Waals surface area contributed by atoms with Gasteiger partial charge >= 0.3 is 12.4 Å². The molecule has 50 heavy (non-hydrogen) atoms. The molecular formula is C38H51F6N3O3. The van der Waals surface area contributed by atoms with E-state index >= 15 is 0 Å². The molecule has 1 N–H and O–H groups in total. The van der Waals surface area contributed by atoms with E-state index < -0.39 is 47.1 Å². The van der Waals surface area contributed by atoms with Crippen molar-refractivity contribution in [3.63, 3.8) is 0 Å². The molecule has 12 heteroatoms. The van der Waals surface area contributed by atoms with Crippen LogP contribution in [-0.2, 0) is 29.0 Å². The molecule has 1 aliphatic carbocycles. The Hall–Kier alpha value is -2.83. The number of carbonyl (C=O) groups excluding carboxylic acids is 1. The average Bonchev–Trinajstić information content (AvgIpc) is 3.32.